The summed E-state index contributed by atoms with van der Waals surface area (Å²) in [7, 11) is -3.89. The van der Waals surface area contributed by atoms with Gasteiger partial charge in [0.1, 0.15) is 4.90 Å². The molecule has 170 valence electrons. The summed E-state index contributed by atoms with van der Waals surface area (Å²) in [6.07, 6.45) is 0.551. The summed E-state index contributed by atoms with van der Waals surface area (Å²) in [6, 6.07) is 26.0. The number of rotatable bonds is 6. The van der Waals surface area contributed by atoms with E-state index in [-0.39, 0.29) is 10.5 Å². The molecule has 3 aromatic rings. The minimum absolute atomic E-state index is 0.106. The molecule has 1 fully saturated rings. The predicted octanol–water partition coefficient (Wildman–Crippen LogP) is 4.75. The summed E-state index contributed by atoms with van der Waals surface area (Å²) in [5.41, 5.74) is 2.42. The van der Waals surface area contributed by atoms with Crippen molar-refractivity contribution in [3.05, 3.63) is 102 Å². The average molecular weight is 479 g/mol. The third kappa shape index (κ3) is 4.33. The number of amides is 1. The van der Waals surface area contributed by atoms with Crippen molar-refractivity contribution in [2.45, 2.75) is 22.6 Å². The number of carbonyl (C=O) groups is 1. The first-order valence-electron chi connectivity index (χ1n) is 11.2. The number of benzene rings is 3. The lowest BCUT2D eigenvalue weighted by atomic mass is 10.0. The number of sulfonamides is 1. The van der Waals surface area contributed by atoms with Crippen LogP contribution in [0.1, 0.15) is 39.2 Å². The average Bonchev–Trinajstić information content (AvgIpc) is 3.06. The van der Waals surface area contributed by atoms with Gasteiger partial charge in [0.25, 0.3) is 15.9 Å². The summed E-state index contributed by atoms with van der Waals surface area (Å²) in [5, 5.41) is 0.400. The molecule has 0 radical (unpaired) electrons. The molecule has 33 heavy (non-hydrogen) atoms. The van der Waals surface area contributed by atoms with Crippen LogP contribution in [0, 0.1) is 0 Å². The molecule has 0 spiro atoms. The maximum atomic E-state index is 13.4. The Morgan fingerprint density at radius 3 is 2.30 bits per heavy atom. The Morgan fingerprint density at radius 2 is 1.58 bits per heavy atom. The van der Waals surface area contributed by atoms with Gasteiger partial charge in [-0.3, -0.25) is 4.79 Å². The van der Waals surface area contributed by atoms with Gasteiger partial charge >= 0.3 is 0 Å². The van der Waals surface area contributed by atoms with Crippen molar-refractivity contribution in [2.75, 3.05) is 25.4 Å². The first kappa shape index (κ1) is 22.2. The van der Waals surface area contributed by atoms with Crippen LogP contribution < -0.4 is 0 Å². The Balaban J connectivity index is 1.39. The molecule has 2 atom stereocenters. The summed E-state index contributed by atoms with van der Waals surface area (Å²) in [4.78, 5) is 15.7. The van der Waals surface area contributed by atoms with Gasteiger partial charge in [-0.15, -0.1) is 0 Å². The van der Waals surface area contributed by atoms with Crippen LogP contribution in [0.2, 0.25) is 0 Å². The van der Waals surface area contributed by atoms with Crippen molar-refractivity contribution in [3.63, 3.8) is 0 Å². The number of carbonyl (C=O) groups excluding carboxylic acids is 1. The molecule has 2 aliphatic rings. The lowest BCUT2D eigenvalue weighted by Crippen LogP contribution is -2.39. The summed E-state index contributed by atoms with van der Waals surface area (Å²) < 4.78 is 27.9. The number of thioether (sulfide) groups is 1. The van der Waals surface area contributed by atoms with E-state index in [2.05, 4.69) is 29.2 Å². The zero-order valence-electron chi connectivity index (χ0n) is 18.2. The van der Waals surface area contributed by atoms with Gasteiger partial charge in [0.05, 0.1) is 11.6 Å². The van der Waals surface area contributed by atoms with Crippen molar-refractivity contribution in [2.24, 2.45) is 0 Å². The maximum Gasteiger partial charge on any atom is 0.269 e. The molecular formula is C26H26N2O3S2. The SMILES string of the molecule is O=C1c2ccccc2S(=O)(=O)N1C(CCN1CCSC(c2ccccc2)C1)c1ccccc1. The van der Waals surface area contributed by atoms with E-state index in [1.165, 1.54) is 11.6 Å². The molecule has 7 heteroatoms. The number of hydrogen-bond acceptors (Lipinski definition) is 5. The van der Waals surface area contributed by atoms with E-state index in [0.29, 0.717) is 11.7 Å². The van der Waals surface area contributed by atoms with E-state index < -0.39 is 22.0 Å². The standard InChI is InChI=1S/C26H26N2O3S2/c29-26-22-13-7-8-14-25(22)33(30,31)28(26)23(20-9-3-1-4-10-20)15-16-27-17-18-32-24(19-27)21-11-5-2-6-12-21/h1-14,23-24H,15-19H2. The molecule has 0 saturated carbocycles. The highest BCUT2D eigenvalue weighted by molar-refractivity contribution is 7.99. The third-order valence-electron chi connectivity index (χ3n) is 6.36. The van der Waals surface area contributed by atoms with Gasteiger partial charge in [-0.1, -0.05) is 72.8 Å². The lowest BCUT2D eigenvalue weighted by molar-refractivity contribution is 0.0819. The van der Waals surface area contributed by atoms with Gasteiger partial charge in [-0.2, -0.15) is 11.8 Å². The molecule has 3 aromatic carbocycles. The smallest absolute Gasteiger partial charge is 0.269 e. The summed E-state index contributed by atoms with van der Waals surface area (Å²) >= 11 is 1.97. The molecule has 1 amide bonds. The number of fused-ring (bicyclic) bond motifs is 1. The number of hydrogen-bond donors (Lipinski definition) is 0. The summed E-state index contributed by atoms with van der Waals surface area (Å²) in [6.45, 7) is 2.59. The van der Waals surface area contributed by atoms with E-state index in [0.717, 1.165) is 35.3 Å². The van der Waals surface area contributed by atoms with Crippen LogP contribution in [0.3, 0.4) is 0 Å². The Kier molecular flexibility index (Phi) is 6.27. The lowest BCUT2D eigenvalue weighted by Gasteiger charge is -2.35. The van der Waals surface area contributed by atoms with Gasteiger partial charge < -0.3 is 4.90 Å². The maximum absolute atomic E-state index is 13.4. The zero-order valence-corrected chi connectivity index (χ0v) is 19.8. The molecule has 5 nitrogen and oxygen atoms in total. The highest BCUT2D eigenvalue weighted by Gasteiger charge is 2.45. The van der Waals surface area contributed by atoms with E-state index in [1.807, 2.05) is 48.2 Å². The zero-order chi connectivity index (χ0) is 22.8. The highest BCUT2D eigenvalue weighted by Crippen LogP contribution is 2.39. The molecule has 2 aliphatic heterocycles. The van der Waals surface area contributed by atoms with E-state index in [4.69, 9.17) is 0 Å². The van der Waals surface area contributed by atoms with Crippen LogP contribution in [-0.2, 0) is 10.0 Å². The van der Waals surface area contributed by atoms with Gasteiger partial charge in [-0.25, -0.2) is 12.7 Å². The van der Waals surface area contributed by atoms with Crippen LogP contribution in [0.15, 0.2) is 89.8 Å². The van der Waals surface area contributed by atoms with E-state index >= 15 is 0 Å². The monoisotopic (exact) mass is 478 g/mol. The van der Waals surface area contributed by atoms with Crippen LogP contribution in [0.4, 0.5) is 0 Å². The van der Waals surface area contributed by atoms with Crippen molar-refractivity contribution in [3.8, 4) is 0 Å². The van der Waals surface area contributed by atoms with Gasteiger partial charge in [0, 0.05) is 30.6 Å². The second-order valence-electron chi connectivity index (χ2n) is 8.39. The quantitative estimate of drug-likeness (QED) is 0.512. The molecule has 2 unspecified atom stereocenters. The van der Waals surface area contributed by atoms with Crippen LogP contribution in [-0.4, -0.2) is 48.9 Å². The Hall–Kier alpha value is -2.61. The predicted molar refractivity (Wildman–Crippen MR) is 132 cm³/mol. The second-order valence-corrected chi connectivity index (χ2v) is 11.5. The van der Waals surface area contributed by atoms with Gasteiger partial charge in [0.2, 0.25) is 0 Å². The van der Waals surface area contributed by atoms with E-state index in [1.54, 1.807) is 18.2 Å². The van der Waals surface area contributed by atoms with Gasteiger partial charge in [-0.05, 0) is 29.7 Å². The van der Waals surface area contributed by atoms with Crippen molar-refractivity contribution >= 4 is 27.7 Å². The van der Waals surface area contributed by atoms with Crippen LogP contribution >= 0.6 is 11.8 Å². The fraction of sp³-hybridized carbons (Fsp3) is 0.269. The Morgan fingerprint density at radius 1 is 0.909 bits per heavy atom. The first-order valence-corrected chi connectivity index (χ1v) is 13.7. The molecule has 0 aromatic heterocycles. The Bertz CT molecular complexity index is 1230. The summed E-state index contributed by atoms with van der Waals surface area (Å²) in [5.74, 6) is 0.595. The van der Waals surface area contributed by atoms with Crippen molar-refractivity contribution in [1.82, 2.24) is 9.21 Å². The number of nitrogens with zero attached hydrogens (tertiary/aromatic N) is 2. The van der Waals surface area contributed by atoms with Crippen molar-refractivity contribution < 1.29 is 13.2 Å². The van der Waals surface area contributed by atoms with Crippen molar-refractivity contribution in [1.29, 1.82) is 0 Å². The molecule has 0 bridgehead atoms. The third-order valence-corrected chi connectivity index (χ3v) is 9.45. The molecule has 5 rings (SSSR count). The Labute approximate surface area is 199 Å². The highest BCUT2D eigenvalue weighted by atomic mass is 32.2. The van der Waals surface area contributed by atoms with Crippen LogP contribution in [0.25, 0.3) is 0 Å². The largest absolute Gasteiger partial charge is 0.301 e. The molecule has 0 N–H and O–H groups in total. The molecule has 0 aliphatic carbocycles. The molecule has 1 saturated heterocycles. The van der Waals surface area contributed by atoms with Gasteiger partial charge in [0.15, 0.2) is 0 Å². The molecular weight excluding hydrogens is 452 g/mol. The first-order chi connectivity index (χ1) is 16.1. The normalized spacial score (nSPS) is 21.0. The topological polar surface area (TPSA) is 57.7 Å². The van der Waals surface area contributed by atoms with E-state index in [9.17, 15) is 13.2 Å². The molecule has 2 heterocycles. The minimum atomic E-state index is -3.89. The van der Waals surface area contributed by atoms with Crippen LogP contribution in [0.5, 0.6) is 0 Å². The fourth-order valence-corrected chi connectivity index (χ4v) is 7.77. The minimum Gasteiger partial charge on any atom is -0.301 e. The second kappa shape index (κ2) is 9.33. The fourth-order valence-electron chi connectivity index (χ4n) is 4.69.